The Morgan fingerprint density at radius 2 is 2.22 bits per heavy atom. The molecular weight excluding hydrogens is 317 g/mol. The predicted octanol–water partition coefficient (Wildman–Crippen LogP) is 3.55. The number of pyridine rings is 1. The largest absolute Gasteiger partial charge is 0.358 e. The van der Waals surface area contributed by atoms with Gasteiger partial charge in [0, 0.05) is 47.9 Å². The van der Waals surface area contributed by atoms with Gasteiger partial charge in [0.25, 0.3) is 5.91 Å². The van der Waals surface area contributed by atoms with Crippen molar-refractivity contribution in [1.29, 1.82) is 0 Å². The molecule has 4 rings (SSSR count). The molecule has 0 saturated carbocycles. The Balaban J connectivity index is 1.71. The molecule has 0 atom stereocenters. The van der Waals surface area contributed by atoms with Crippen molar-refractivity contribution in [2.45, 2.75) is 13.0 Å². The zero-order chi connectivity index (χ0) is 16.0. The van der Waals surface area contributed by atoms with Crippen LogP contribution in [0.15, 0.2) is 36.5 Å². The van der Waals surface area contributed by atoms with Gasteiger partial charge in [-0.25, -0.2) is 9.37 Å². The van der Waals surface area contributed by atoms with E-state index in [-0.39, 0.29) is 16.9 Å². The first-order chi connectivity index (χ1) is 11.1. The van der Waals surface area contributed by atoms with Gasteiger partial charge in [0.05, 0.1) is 5.56 Å². The highest BCUT2D eigenvalue weighted by Gasteiger charge is 2.26. The molecule has 0 bridgehead atoms. The molecule has 0 radical (unpaired) electrons. The SMILES string of the molecule is O=C(c1cccnc1Cl)N1CCc2[nH]c3ccc(F)cc3c2C1. The lowest BCUT2D eigenvalue weighted by Crippen LogP contribution is -2.36. The summed E-state index contributed by atoms with van der Waals surface area (Å²) in [7, 11) is 0. The lowest BCUT2D eigenvalue weighted by molar-refractivity contribution is 0.0735. The van der Waals surface area contributed by atoms with Gasteiger partial charge < -0.3 is 9.88 Å². The summed E-state index contributed by atoms with van der Waals surface area (Å²) in [5.41, 5.74) is 3.32. The maximum atomic E-state index is 13.5. The number of nitrogens with zero attached hydrogens (tertiary/aromatic N) is 2. The molecular formula is C17H13ClFN3O. The monoisotopic (exact) mass is 329 g/mol. The molecule has 0 spiro atoms. The van der Waals surface area contributed by atoms with Crippen molar-refractivity contribution in [2.75, 3.05) is 6.54 Å². The summed E-state index contributed by atoms with van der Waals surface area (Å²) >= 11 is 6.02. The number of hydrogen-bond acceptors (Lipinski definition) is 2. The van der Waals surface area contributed by atoms with Crippen molar-refractivity contribution >= 4 is 28.4 Å². The molecule has 1 aliphatic heterocycles. The van der Waals surface area contributed by atoms with E-state index in [4.69, 9.17) is 11.6 Å². The number of halogens is 2. The number of amides is 1. The van der Waals surface area contributed by atoms with Gasteiger partial charge in [0.15, 0.2) is 0 Å². The van der Waals surface area contributed by atoms with Crippen LogP contribution in [0.4, 0.5) is 4.39 Å². The van der Waals surface area contributed by atoms with Crippen LogP contribution in [0.1, 0.15) is 21.6 Å². The van der Waals surface area contributed by atoms with Crippen LogP contribution in [-0.4, -0.2) is 27.3 Å². The summed E-state index contributed by atoms with van der Waals surface area (Å²) < 4.78 is 13.5. The first-order valence-corrected chi connectivity index (χ1v) is 7.70. The smallest absolute Gasteiger partial charge is 0.257 e. The molecule has 0 fully saturated rings. The van der Waals surface area contributed by atoms with E-state index in [1.165, 1.54) is 12.1 Å². The highest BCUT2D eigenvalue weighted by atomic mass is 35.5. The number of carbonyl (C=O) groups excluding carboxylic acids is 1. The van der Waals surface area contributed by atoms with Crippen LogP contribution in [0.5, 0.6) is 0 Å². The van der Waals surface area contributed by atoms with Gasteiger partial charge in [-0.3, -0.25) is 4.79 Å². The molecule has 0 aliphatic carbocycles. The summed E-state index contributed by atoms with van der Waals surface area (Å²) in [4.78, 5) is 21.7. The number of rotatable bonds is 1. The van der Waals surface area contributed by atoms with Gasteiger partial charge in [-0.15, -0.1) is 0 Å². The average Bonchev–Trinajstić information content (AvgIpc) is 2.92. The zero-order valence-corrected chi connectivity index (χ0v) is 12.9. The minimum atomic E-state index is -0.280. The Labute approximate surface area is 136 Å². The van der Waals surface area contributed by atoms with Crippen LogP contribution in [0.25, 0.3) is 10.9 Å². The van der Waals surface area contributed by atoms with Crippen LogP contribution in [0, 0.1) is 5.82 Å². The topological polar surface area (TPSA) is 49.0 Å². The Morgan fingerprint density at radius 1 is 1.35 bits per heavy atom. The van der Waals surface area contributed by atoms with Gasteiger partial charge in [0.1, 0.15) is 11.0 Å². The Kier molecular flexibility index (Phi) is 3.31. The van der Waals surface area contributed by atoms with Gasteiger partial charge in [-0.2, -0.15) is 0 Å². The Morgan fingerprint density at radius 3 is 3.04 bits per heavy atom. The third-order valence-corrected chi connectivity index (χ3v) is 4.52. The molecule has 2 aromatic heterocycles. The summed E-state index contributed by atoms with van der Waals surface area (Å²) in [6.07, 6.45) is 2.26. The van der Waals surface area contributed by atoms with Gasteiger partial charge >= 0.3 is 0 Å². The molecule has 4 nitrogen and oxygen atoms in total. The first kappa shape index (κ1) is 14.2. The van der Waals surface area contributed by atoms with Crippen molar-refractivity contribution in [3.63, 3.8) is 0 Å². The van der Waals surface area contributed by atoms with E-state index in [9.17, 15) is 9.18 Å². The zero-order valence-electron chi connectivity index (χ0n) is 12.1. The Bertz CT molecular complexity index is 921. The number of benzene rings is 1. The fourth-order valence-electron chi connectivity index (χ4n) is 3.08. The van der Waals surface area contributed by atoms with E-state index in [0.717, 1.165) is 22.2 Å². The van der Waals surface area contributed by atoms with Crippen molar-refractivity contribution < 1.29 is 9.18 Å². The number of H-pyrrole nitrogens is 1. The minimum absolute atomic E-state index is 0.153. The number of nitrogens with one attached hydrogen (secondary N) is 1. The first-order valence-electron chi connectivity index (χ1n) is 7.32. The van der Waals surface area contributed by atoms with Gasteiger partial charge in [-0.05, 0) is 30.3 Å². The molecule has 3 heterocycles. The van der Waals surface area contributed by atoms with Crippen LogP contribution in [0.2, 0.25) is 5.15 Å². The van der Waals surface area contributed by atoms with Crippen molar-refractivity contribution in [2.24, 2.45) is 0 Å². The van der Waals surface area contributed by atoms with E-state index in [0.29, 0.717) is 25.1 Å². The van der Waals surface area contributed by atoms with Crippen LogP contribution >= 0.6 is 11.6 Å². The van der Waals surface area contributed by atoms with Crippen molar-refractivity contribution in [1.82, 2.24) is 14.9 Å². The fourth-order valence-corrected chi connectivity index (χ4v) is 3.28. The molecule has 1 N–H and O–H groups in total. The second-order valence-electron chi connectivity index (χ2n) is 5.59. The van der Waals surface area contributed by atoms with Gasteiger partial charge in [0.2, 0.25) is 0 Å². The number of aromatic amines is 1. The predicted molar refractivity (Wildman–Crippen MR) is 85.9 cm³/mol. The fraction of sp³-hybridized carbons (Fsp3) is 0.176. The number of carbonyl (C=O) groups is 1. The number of fused-ring (bicyclic) bond motifs is 3. The van der Waals surface area contributed by atoms with Crippen LogP contribution in [0.3, 0.4) is 0 Å². The maximum absolute atomic E-state index is 13.5. The summed E-state index contributed by atoms with van der Waals surface area (Å²) in [6.45, 7) is 1.02. The second kappa shape index (κ2) is 5.35. The third-order valence-electron chi connectivity index (χ3n) is 4.21. The molecule has 0 saturated heterocycles. The van der Waals surface area contributed by atoms with E-state index < -0.39 is 0 Å². The van der Waals surface area contributed by atoms with E-state index in [1.807, 2.05) is 0 Å². The normalized spacial score (nSPS) is 14.1. The third kappa shape index (κ3) is 2.37. The second-order valence-corrected chi connectivity index (χ2v) is 5.95. The molecule has 1 aromatic carbocycles. The highest BCUT2D eigenvalue weighted by Crippen LogP contribution is 2.29. The van der Waals surface area contributed by atoms with Crippen molar-refractivity contribution in [3.05, 3.63) is 64.3 Å². The lowest BCUT2D eigenvalue weighted by Gasteiger charge is -2.27. The molecule has 0 unspecified atom stereocenters. The maximum Gasteiger partial charge on any atom is 0.257 e. The Hall–Kier alpha value is -2.40. The van der Waals surface area contributed by atoms with E-state index >= 15 is 0 Å². The number of hydrogen-bond donors (Lipinski definition) is 1. The molecule has 23 heavy (non-hydrogen) atoms. The molecule has 1 amide bonds. The standard InChI is InChI=1S/C17H13ClFN3O/c18-16-11(2-1-6-20-16)17(23)22-7-5-15-13(9-22)12-8-10(19)3-4-14(12)21-15/h1-4,6,8,21H,5,7,9H2. The molecule has 3 aromatic rings. The van der Waals surface area contributed by atoms with Crippen LogP contribution < -0.4 is 0 Å². The average molecular weight is 330 g/mol. The highest BCUT2D eigenvalue weighted by molar-refractivity contribution is 6.32. The van der Waals surface area contributed by atoms with E-state index in [2.05, 4.69) is 9.97 Å². The van der Waals surface area contributed by atoms with Gasteiger partial charge in [-0.1, -0.05) is 11.6 Å². The van der Waals surface area contributed by atoms with Crippen LogP contribution in [-0.2, 0) is 13.0 Å². The van der Waals surface area contributed by atoms with Crippen molar-refractivity contribution in [3.8, 4) is 0 Å². The quantitative estimate of drug-likeness (QED) is 0.694. The minimum Gasteiger partial charge on any atom is -0.358 e. The summed E-state index contributed by atoms with van der Waals surface area (Å²) in [5.74, 6) is -0.433. The molecule has 6 heteroatoms. The summed E-state index contributed by atoms with van der Waals surface area (Å²) in [6, 6.07) is 8.03. The van der Waals surface area contributed by atoms with E-state index in [1.54, 1.807) is 29.3 Å². The summed E-state index contributed by atoms with van der Waals surface area (Å²) in [5, 5.41) is 1.03. The number of aromatic nitrogens is 2. The molecule has 116 valence electrons. The molecule has 1 aliphatic rings. The lowest BCUT2D eigenvalue weighted by atomic mass is 10.0.